The van der Waals surface area contributed by atoms with E-state index in [1.807, 2.05) is 24.3 Å². The van der Waals surface area contributed by atoms with E-state index in [1.165, 1.54) is 17.8 Å². The van der Waals surface area contributed by atoms with Crippen molar-refractivity contribution < 1.29 is 9.59 Å². The summed E-state index contributed by atoms with van der Waals surface area (Å²) in [5.41, 5.74) is 0. The summed E-state index contributed by atoms with van der Waals surface area (Å²) in [6.45, 7) is 0. The first kappa shape index (κ1) is 12.0. The van der Waals surface area contributed by atoms with Crippen molar-refractivity contribution in [3.8, 4) is 0 Å². The molecular weight excluding hydrogens is 334 g/mol. The molecule has 0 aliphatic carbocycles. The highest BCUT2D eigenvalue weighted by atomic mass is 79.9. The molecule has 0 radical (unpaired) electrons. The number of amides is 2. The minimum Gasteiger partial charge on any atom is -0.288 e. The van der Waals surface area contributed by atoms with E-state index in [1.54, 1.807) is 11.3 Å². The highest BCUT2D eigenvalue weighted by Gasteiger charge is 2.22. The fourth-order valence-electron chi connectivity index (χ4n) is 1.62. The molecule has 0 saturated carbocycles. The summed E-state index contributed by atoms with van der Waals surface area (Å²) in [4.78, 5) is 22.9. The molecule has 0 spiro atoms. The Kier molecular flexibility index (Phi) is 3.01. The molecule has 2 aromatic rings. The van der Waals surface area contributed by atoms with Crippen LogP contribution in [0.15, 0.2) is 43.9 Å². The van der Waals surface area contributed by atoms with Crippen molar-refractivity contribution in [2.75, 3.05) is 0 Å². The van der Waals surface area contributed by atoms with E-state index in [-0.39, 0.29) is 11.8 Å². The van der Waals surface area contributed by atoms with E-state index in [0.29, 0.717) is 4.91 Å². The summed E-state index contributed by atoms with van der Waals surface area (Å²) in [6.07, 6.45) is 1.34. The van der Waals surface area contributed by atoms with Crippen molar-refractivity contribution in [2.45, 2.75) is 4.21 Å². The molecule has 0 bridgehead atoms. The van der Waals surface area contributed by atoms with Crippen molar-refractivity contribution >= 4 is 60.9 Å². The number of nitrogens with one attached hydrogen (secondary N) is 1. The van der Waals surface area contributed by atoms with E-state index in [2.05, 4.69) is 21.2 Å². The van der Waals surface area contributed by atoms with Crippen LogP contribution in [0.5, 0.6) is 0 Å². The summed E-state index contributed by atoms with van der Waals surface area (Å²) in [6, 6.07) is 8.07. The van der Waals surface area contributed by atoms with Crippen LogP contribution in [0.25, 0.3) is 10.1 Å². The molecule has 1 aliphatic heterocycles. The summed E-state index contributed by atoms with van der Waals surface area (Å²) in [5, 5.41) is 3.36. The highest BCUT2D eigenvalue weighted by molar-refractivity contribution is 9.10. The summed E-state index contributed by atoms with van der Waals surface area (Å²) < 4.78 is 3.18. The van der Waals surface area contributed by atoms with E-state index in [4.69, 9.17) is 0 Å². The number of fused-ring (bicyclic) bond motifs is 1. The normalized spacial score (nSPS) is 15.1. The van der Waals surface area contributed by atoms with Gasteiger partial charge in [0, 0.05) is 15.2 Å². The van der Waals surface area contributed by atoms with E-state index < -0.39 is 0 Å². The maximum absolute atomic E-state index is 11.4. The zero-order valence-electron chi connectivity index (χ0n) is 8.90. The molecule has 0 saturated heterocycles. The first-order valence-electron chi connectivity index (χ1n) is 5.06. The van der Waals surface area contributed by atoms with Gasteiger partial charge in [-0.2, -0.15) is 0 Å². The number of benzene rings is 1. The maximum atomic E-state index is 11.4. The summed E-state index contributed by atoms with van der Waals surface area (Å²) in [5.74, 6) is -0.657. The average Bonchev–Trinajstić information content (AvgIpc) is 2.82. The SMILES string of the molecule is O=C1C=C(Sc2cc3cc(Br)ccc3s2)C(=O)N1. The second kappa shape index (κ2) is 4.53. The van der Waals surface area contributed by atoms with Gasteiger partial charge in [-0.3, -0.25) is 14.9 Å². The van der Waals surface area contributed by atoms with Gasteiger partial charge in [0.15, 0.2) is 0 Å². The van der Waals surface area contributed by atoms with Gasteiger partial charge < -0.3 is 0 Å². The van der Waals surface area contributed by atoms with Crippen LogP contribution in [0.4, 0.5) is 0 Å². The fourth-order valence-corrected chi connectivity index (χ4v) is 4.19. The maximum Gasteiger partial charge on any atom is 0.265 e. The first-order chi connectivity index (χ1) is 8.61. The molecule has 0 fully saturated rings. The summed E-state index contributed by atoms with van der Waals surface area (Å²) >= 11 is 6.36. The average molecular weight is 340 g/mol. The standard InChI is InChI=1S/C12H6BrNO2S2/c13-7-1-2-8-6(3-7)4-11(17-8)18-9-5-10(15)14-12(9)16/h1-5H,(H,14,15,16). The second-order valence-corrected chi connectivity index (χ2v) is 7.02. The van der Waals surface area contributed by atoms with Gasteiger partial charge in [0.25, 0.3) is 11.8 Å². The van der Waals surface area contributed by atoms with E-state index in [9.17, 15) is 9.59 Å². The Morgan fingerprint density at radius 3 is 2.78 bits per heavy atom. The van der Waals surface area contributed by atoms with E-state index >= 15 is 0 Å². The van der Waals surface area contributed by atoms with Gasteiger partial charge in [0.2, 0.25) is 0 Å². The molecule has 1 aromatic heterocycles. The second-order valence-electron chi connectivity index (χ2n) is 3.68. The van der Waals surface area contributed by atoms with Crippen LogP contribution in [0.3, 0.4) is 0 Å². The predicted octanol–water partition coefficient (Wildman–Crippen LogP) is 3.30. The minimum absolute atomic E-state index is 0.316. The Labute approximate surface area is 119 Å². The number of rotatable bonds is 2. The Bertz CT molecular complexity index is 705. The van der Waals surface area contributed by atoms with Gasteiger partial charge in [-0.15, -0.1) is 11.3 Å². The van der Waals surface area contributed by atoms with Crippen LogP contribution in [-0.2, 0) is 9.59 Å². The molecule has 0 atom stereocenters. The smallest absolute Gasteiger partial charge is 0.265 e. The monoisotopic (exact) mass is 339 g/mol. The molecule has 1 aromatic carbocycles. The lowest BCUT2D eigenvalue weighted by atomic mass is 10.3. The van der Waals surface area contributed by atoms with Crippen molar-refractivity contribution in [2.24, 2.45) is 0 Å². The lowest BCUT2D eigenvalue weighted by molar-refractivity contribution is -0.123. The Morgan fingerprint density at radius 1 is 1.22 bits per heavy atom. The molecule has 2 amide bonds. The van der Waals surface area contributed by atoms with Gasteiger partial charge in [0.1, 0.15) is 0 Å². The molecule has 1 aliphatic rings. The molecule has 90 valence electrons. The van der Waals surface area contributed by atoms with Crippen molar-refractivity contribution in [1.82, 2.24) is 5.32 Å². The van der Waals surface area contributed by atoms with Gasteiger partial charge in [0.05, 0.1) is 9.11 Å². The summed E-state index contributed by atoms with van der Waals surface area (Å²) in [7, 11) is 0. The molecular formula is C12H6BrNO2S2. The van der Waals surface area contributed by atoms with Crippen LogP contribution in [-0.4, -0.2) is 11.8 Å². The number of hydrogen-bond acceptors (Lipinski definition) is 4. The fraction of sp³-hybridized carbons (Fsp3) is 0. The number of halogens is 1. The highest BCUT2D eigenvalue weighted by Crippen LogP contribution is 2.38. The Morgan fingerprint density at radius 2 is 2.06 bits per heavy atom. The van der Waals surface area contributed by atoms with Gasteiger partial charge >= 0.3 is 0 Å². The van der Waals surface area contributed by atoms with Crippen LogP contribution >= 0.6 is 39.0 Å². The minimum atomic E-state index is -0.341. The quantitative estimate of drug-likeness (QED) is 0.854. The topological polar surface area (TPSA) is 46.2 Å². The number of imide groups is 1. The molecule has 6 heteroatoms. The number of hydrogen-bond donors (Lipinski definition) is 1. The van der Waals surface area contributed by atoms with Crippen LogP contribution in [0.1, 0.15) is 0 Å². The number of thiophene rings is 1. The van der Waals surface area contributed by atoms with Crippen molar-refractivity contribution in [3.05, 3.63) is 39.7 Å². The Hall–Kier alpha value is -1.11. The molecule has 1 N–H and O–H groups in total. The largest absolute Gasteiger partial charge is 0.288 e. The molecule has 0 unspecified atom stereocenters. The third kappa shape index (κ3) is 2.23. The third-order valence-electron chi connectivity index (χ3n) is 2.39. The first-order valence-corrected chi connectivity index (χ1v) is 7.48. The predicted molar refractivity (Wildman–Crippen MR) is 76.6 cm³/mol. The molecule has 3 rings (SSSR count). The van der Waals surface area contributed by atoms with Gasteiger partial charge in [-0.1, -0.05) is 27.7 Å². The third-order valence-corrected chi connectivity index (χ3v) is 5.14. The zero-order valence-corrected chi connectivity index (χ0v) is 12.1. The van der Waals surface area contributed by atoms with Crippen molar-refractivity contribution in [1.29, 1.82) is 0 Å². The number of thioether (sulfide) groups is 1. The zero-order chi connectivity index (χ0) is 12.7. The van der Waals surface area contributed by atoms with Crippen molar-refractivity contribution in [3.63, 3.8) is 0 Å². The van der Waals surface area contributed by atoms with Gasteiger partial charge in [-0.05, 0) is 29.7 Å². The van der Waals surface area contributed by atoms with Crippen LogP contribution in [0.2, 0.25) is 0 Å². The lowest BCUT2D eigenvalue weighted by Crippen LogP contribution is -2.21. The number of carbonyl (C=O) groups is 2. The van der Waals surface area contributed by atoms with E-state index in [0.717, 1.165) is 18.8 Å². The van der Waals surface area contributed by atoms with Gasteiger partial charge in [-0.25, -0.2) is 0 Å². The van der Waals surface area contributed by atoms with Crippen LogP contribution in [0, 0.1) is 0 Å². The number of carbonyl (C=O) groups excluding carboxylic acids is 2. The van der Waals surface area contributed by atoms with Crippen LogP contribution < -0.4 is 5.32 Å². The molecule has 3 nitrogen and oxygen atoms in total. The molecule has 2 heterocycles. The molecule has 18 heavy (non-hydrogen) atoms. The Balaban J connectivity index is 1.94. The lowest BCUT2D eigenvalue weighted by Gasteiger charge is -1.94.